The van der Waals surface area contributed by atoms with Crippen LogP contribution in [0, 0.1) is 0 Å². The lowest BCUT2D eigenvalue weighted by Gasteiger charge is -2.11. The molecule has 0 aliphatic carbocycles. The normalized spacial score (nSPS) is 10.2. The predicted octanol–water partition coefficient (Wildman–Crippen LogP) is 4.50. The quantitative estimate of drug-likeness (QED) is 0.818. The Morgan fingerprint density at radius 2 is 1.84 bits per heavy atom. The topological polar surface area (TPSA) is 44.5 Å². The van der Waals surface area contributed by atoms with Gasteiger partial charge in [-0.2, -0.15) is 0 Å². The van der Waals surface area contributed by atoms with Crippen LogP contribution >= 0.6 is 11.6 Å². The van der Waals surface area contributed by atoms with Gasteiger partial charge in [-0.3, -0.25) is 0 Å². The molecule has 0 saturated carbocycles. The van der Waals surface area contributed by atoms with E-state index in [0.29, 0.717) is 34.6 Å². The van der Waals surface area contributed by atoms with Crippen LogP contribution in [0.4, 0.5) is 5.69 Å². The van der Waals surface area contributed by atoms with Crippen molar-refractivity contribution in [2.75, 3.05) is 12.3 Å². The minimum atomic E-state index is 0.556. The smallest absolute Gasteiger partial charge is 0.146 e. The van der Waals surface area contributed by atoms with Crippen LogP contribution in [0.5, 0.6) is 17.2 Å². The van der Waals surface area contributed by atoms with Crippen molar-refractivity contribution >= 4 is 17.3 Å². The van der Waals surface area contributed by atoms with E-state index in [2.05, 4.69) is 0 Å². The highest BCUT2D eigenvalue weighted by Gasteiger charge is 2.05. The lowest BCUT2D eigenvalue weighted by Crippen LogP contribution is -1.97. The van der Waals surface area contributed by atoms with Crippen LogP contribution in [0.1, 0.15) is 13.3 Å². The third kappa shape index (κ3) is 3.80. The molecule has 2 N–H and O–H groups in total. The van der Waals surface area contributed by atoms with Gasteiger partial charge in [0.2, 0.25) is 0 Å². The third-order valence-electron chi connectivity index (χ3n) is 2.44. The van der Waals surface area contributed by atoms with E-state index in [1.54, 1.807) is 30.3 Å². The maximum Gasteiger partial charge on any atom is 0.146 e. The number of hydrogen-bond donors (Lipinski definition) is 1. The lowest BCUT2D eigenvalue weighted by molar-refractivity contribution is 0.316. The summed E-state index contributed by atoms with van der Waals surface area (Å²) in [5.74, 6) is 1.90. The second kappa shape index (κ2) is 6.34. The fourth-order valence-corrected chi connectivity index (χ4v) is 1.78. The summed E-state index contributed by atoms with van der Waals surface area (Å²) in [6.07, 6.45) is 0.940. The third-order valence-corrected chi connectivity index (χ3v) is 2.75. The van der Waals surface area contributed by atoms with E-state index >= 15 is 0 Å². The van der Waals surface area contributed by atoms with Crippen molar-refractivity contribution in [2.45, 2.75) is 13.3 Å². The number of ether oxygens (including phenoxy) is 2. The van der Waals surface area contributed by atoms with Crippen molar-refractivity contribution in [3.8, 4) is 17.2 Å². The van der Waals surface area contributed by atoms with Gasteiger partial charge in [0, 0.05) is 23.9 Å². The molecule has 0 aliphatic heterocycles. The van der Waals surface area contributed by atoms with Crippen molar-refractivity contribution in [2.24, 2.45) is 0 Å². The van der Waals surface area contributed by atoms with E-state index in [1.165, 1.54) is 0 Å². The molecule has 2 aromatic carbocycles. The molecule has 4 heteroatoms. The van der Waals surface area contributed by atoms with Crippen molar-refractivity contribution < 1.29 is 9.47 Å². The monoisotopic (exact) mass is 277 g/mol. The number of anilines is 1. The Morgan fingerprint density at radius 1 is 1.11 bits per heavy atom. The van der Waals surface area contributed by atoms with Crippen molar-refractivity contribution in [3.63, 3.8) is 0 Å². The largest absolute Gasteiger partial charge is 0.493 e. The van der Waals surface area contributed by atoms with Gasteiger partial charge in [-0.15, -0.1) is 0 Å². The maximum atomic E-state index is 6.05. The summed E-state index contributed by atoms with van der Waals surface area (Å²) in [6.45, 7) is 2.70. The van der Waals surface area contributed by atoms with Crippen molar-refractivity contribution in [3.05, 3.63) is 47.5 Å². The highest BCUT2D eigenvalue weighted by molar-refractivity contribution is 6.32. The second-order valence-electron chi connectivity index (χ2n) is 4.12. The first-order chi connectivity index (χ1) is 9.19. The number of halogens is 1. The molecule has 19 heavy (non-hydrogen) atoms. The van der Waals surface area contributed by atoms with Crippen LogP contribution in [0.3, 0.4) is 0 Å². The Morgan fingerprint density at radius 3 is 2.58 bits per heavy atom. The SMILES string of the molecule is CCCOc1cc(N)cc(Oc2ccccc2Cl)c1. The Balaban J connectivity index is 2.20. The summed E-state index contributed by atoms with van der Waals surface area (Å²) in [7, 11) is 0. The van der Waals surface area contributed by atoms with E-state index in [9.17, 15) is 0 Å². The standard InChI is InChI=1S/C15H16ClNO2/c1-2-7-18-12-8-11(17)9-13(10-12)19-15-6-4-3-5-14(15)16/h3-6,8-10H,2,7,17H2,1H3. The first kappa shape index (κ1) is 13.6. The molecule has 3 nitrogen and oxygen atoms in total. The van der Waals surface area contributed by atoms with Crippen LogP contribution in [0.15, 0.2) is 42.5 Å². The molecule has 0 spiro atoms. The van der Waals surface area contributed by atoms with Gasteiger partial charge in [-0.1, -0.05) is 30.7 Å². The zero-order chi connectivity index (χ0) is 13.7. The summed E-state index contributed by atoms with van der Waals surface area (Å²) in [6, 6.07) is 12.6. The Kier molecular flexibility index (Phi) is 4.53. The van der Waals surface area contributed by atoms with Gasteiger partial charge in [0.25, 0.3) is 0 Å². The molecule has 0 aromatic heterocycles. The molecule has 2 aromatic rings. The number of nitrogens with two attached hydrogens (primary N) is 1. The summed E-state index contributed by atoms with van der Waals surface area (Å²) in [5.41, 5.74) is 6.42. The van der Waals surface area contributed by atoms with E-state index in [-0.39, 0.29) is 0 Å². The summed E-state index contributed by atoms with van der Waals surface area (Å²) >= 11 is 6.05. The number of para-hydroxylation sites is 1. The Hall–Kier alpha value is -1.87. The molecule has 100 valence electrons. The average Bonchev–Trinajstić information content (AvgIpc) is 2.38. The molecule has 0 fully saturated rings. The molecule has 0 saturated heterocycles. The highest BCUT2D eigenvalue weighted by atomic mass is 35.5. The van der Waals surface area contributed by atoms with Gasteiger partial charge >= 0.3 is 0 Å². The van der Waals surface area contributed by atoms with Gasteiger partial charge in [0.1, 0.15) is 17.2 Å². The molecule has 0 amide bonds. The van der Waals surface area contributed by atoms with E-state index < -0.39 is 0 Å². The van der Waals surface area contributed by atoms with Crippen LogP contribution in [0.25, 0.3) is 0 Å². The lowest BCUT2D eigenvalue weighted by atomic mass is 10.3. The first-order valence-corrected chi connectivity index (χ1v) is 6.52. The van der Waals surface area contributed by atoms with E-state index in [4.69, 9.17) is 26.8 Å². The zero-order valence-corrected chi connectivity index (χ0v) is 11.5. The summed E-state index contributed by atoms with van der Waals surface area (Å²) < 4.78 is 11.3. The molecule has 0 bridgehead atoms. The fourth-order valence-electron chi connectivity index (χ4n) is 1.61. The van der Waals surface area contributed by atoms with Gasteiger partial charge < -0.3 is 15.2 Å². The Bertz CT molecular complexity index is 558. The minimum Gasteiger partial charge on any atom is -0.493 e. The van der Waals surface area contributed by atoms with Gasteiger partial charge in [0.15, 0.2) is 0 Å². The maximum absolute atomic E-state index is 6.05. The fraction of sp³-hybridized carbons (Fsp3) is 0.200. The number of benzene rings is 2. The second-order valence-corrected chi connectivity index (χ2v) is 4.53. The number of hydrogen-bond acceptors (Lipinski definition) is 3. The molecule has 0 radical (unpaired) electrons. The van der Waals surface area contributed by atoms with E-state index in [1.807, 2.05) is 19.1 Å². The van der Waals surface area contributed by atoms with Crippen LogP contribution in [-0.2, 0) is 0 Å². The summed E-state index contributed by atoms with van der Waals surface area (Å²) in [5, 5.41) is 0.556. The van der Waals surface area contributed by atoms with E-state index in [0.717, 1.165) is 6.42 Å². The molecule has 0 heterocycles. The van der Waals surface area contributed by atoms with Crippen LogP contribution in [0.2, 0.25) is 5.02 Å². The number of nitrogen functional groups attached to an aromatic ring is 1. The van der Waals surface area contributed by atoms with Crippen LogP contribution < -0.4 is 15.2 Å². The number of rotatable bonds is 5. The molecule has 0 unspecified atom stereocenters. The van der Waals surface area contributed by atoms with Crippen molar-refractivity contribution in [1.82, 2.24) is 0 Å². The molecule has 2 rings (SSSR count). The molecule has 0 atom stereocenters. The minimum absolute atomic E-state index is 0.556. The highest BCUT2D eigenvalue weighted by Crippen LogP contribution is 2.32. The molecular weight excluding hydrogens is 262 g/mol. The van der Waals surface area contributed by atoms with Gasteiger partial charge in [-0.25, -0.2) is 0 Å². The summed E-state index contributed by atoms with van der Waals surface area (Å²) in [4.78, 5) is 0. The molecule has 0 aliphatic rings. The van der Waals surface area contributed by atoms with Gasteiger partial charge in [-0.05, 0) is 18.6 Å². The van der Waals surface area contributed by atoms with Crippen LogP contribution in [-0.4, -0.2) is 6.61 Å². The zero-order valence-electron chi connectivity index (χ0n) is 10.7. The van der Waals surface area contributed by atoms with Crippen molar-refractivity contribution in [1.29, 1.82) is 0 Å². The average molecular weight is 278 g/mol. The molecular formula is C15H16ClNO2. The predicted molar refractivity (Wildman–Crippen MR) is 78.2 cm³/mol. The van der Waals surface area contributed by atoms with Gasteiger partial charge in [0.05, 0.1) is 11.6 Å². The first-order valence-electron chi connectivity index (χ1n) is 6.15. The Labute approximate surface area is 117 Å².